The molecule has 5 heteroatoms. The highest BCUT2D eigenvalue weighted by molar-refractivity contribution is 5.80. The molecule has 0 aromatic heterocycles. The SMILES string of the molecule is CN=C(NCCCCOCc1ccccc1)N1CCN(c2ccccc2)CC1. The number of nitrogens with one attached hydrogen (secondary N) is 1. The van der Waals surface area contributed by atoms with E-state index in [2.05, 4.69) is 62.6 Å². The minimum absolute atomic E-state index is 0.696. The summed E-state index contributed by atoms with van der Waals surface area (Å²) in [5, 5.41) is 3.50. The Morgan fingerprint density at radius 2 is 1.61 bits per heavy atom. The first kappa shape index (κ1) is 20.2. The van der Waals surface area contributed by atoms with Crippen LogP contribution in [0.4, 0.5) is 5.69 Å². The minimum atomic E-state index is 0.696. The number of piperazine rings is 1. The molecule has 2 aromatic carbocycles. The second-order valence-electron chi connectivity index (χ2n) is 7.03. The van der Waals surface area contributed by atoms with Gasteiger partial charge in [0.05, 0.1) is 6.61 Å². The molecular weight excluding hydrogens is 348 g/mol. The number of guanidine groups is 1. The van der Waals surface area contributed by atoms with E-state index in [0.29, 0.717) is 6.61 Å². The third-order valence-corrected chi connectivity index (χ3v) is 5.02. The van der Waals surface area contributed by atoms with Gasteiger partial charge in [0, 0.05) is 52.1 Å². The summed E-state index contributed by atoms with van der Waals surface area (Å²) in [7, 11) is 1.87. The van der Waals surface area contributed by atoms with Crippen molar-refractivity contribution in [3.8, 4) is 0 Å². The maximum atomic E-state index is 5.75. The van der Waals surface area contributed by atoms with Crippen molar-refractivity contribution in [2.24, 2.45) is 4.99 Å². The number of hydrogen-bond acceptors (Lipinski definition) is 3. The number of nitrogens with zero attached hydrogens (tertiary/aromatic N) is 3. The van der Waals surface area contributed by atoms with Crippen molar-refractivity contribution in [1.29, 1.82) is 0 Å². The summed E-state index contributed by atoms with van der Waals surface area (Å²) in [4.78, 5) is 9.26. The average molecular weight is 381 g/mol. The molecule has 0 bridgehead atoms. The Kier molecular flexibility index (Phi) is 8.19. The Morgan fingerprint density at radius 1 is 0.929 bits per heavy atom. The first-order valence-corrected chi connectivity index (χ1v) is 10.2. The van der Waals surface area contributed by atoms with Crippen LogP contribution in [0.2, 0.25) is 0 Å². The summed E-state index contributed by atoms with van der Waals surface area (Å²) < 4.78 is 5.75. The molecule has 0 unspecified atom stereocenters. The van der Waals surface area contributed by atoms with E-state index in [9.17, 15) is 0 Å². The van der Waals surface area contributed by atoms with Crippen LogP contribution in [0.1, 0.15) is 18.4 Å². The van der Waals surface area contributed by atoms with E-state index in [1.807, 2.05) is 25.2 Å². The van der Waals surface area contributed by atoms with Crippen LogP contribution in [0.5, 0.6) is 0 Å². The molecular formula is C23H32N4O. The van der Waals surface area contributed by atoms with Crippen LogP contribution in [0, 0.1) is 0 Å². The molecule has 150 valence electrons. The lowest BCUT2D eigenvalue weighted by molar-refractivity contribution is 0.117. The van der Waals surface area contributed by atoms with Crippen molar-refractivity contribution in [3.05, 3.63) is 66.2 Å². The van der Waals surface area contributed by atoms with Crippen molar-refractivity contribution in [3.63, 3.8) is 0 Å². The summed E-state index contributed by atoms with van der Waals surface area (Å²) in [5.74, 6) is 1.01. The van der Waals surface area contributed by atoms with E-state index < -0.39 is 0 Å². The molecule has 1 fully saturated rings. The predicted octanol–water partition coefficient (Wildman–Crippen LogP) is 3.38. The van der Waals surface area contributed by atoms with E-state index in [0.717, 1.165) is 58.1 Å². The Morgan fingerprint density at radius 3 is 2.29 bits per heavy atom. The van der Waals surface area contributed by atoms with Crippen molar-refractivity contribution in [2.45, 2.75) is 19.4 Å². The number of anilines is 1. The third-order valence-electron chi connectivity index (χ3n) is 5.02. The number of unbranched alkanes of at least 4 members (excludes halogenated alkanes) is 1. The molecule has 5 nitrogen and oxygen atoms in total. The first-order chi connectivity index (χ1) is 13.9. The molecule has 28 heavy (non-hydrogen) atoms. The first-order valence-electron chi connectivity index (χ1n) is 10.2. The van der Waals surface area contributed by atoms with Gasteiger partial charge in [-0.3, -0.25) is 4.99 Å². The lowest BCUT2D eigenvalue weighted by atomic mass is 10.2. The van der Waals surface area contributed by atoms with Crippen molar-refractivity contribution >= 4 is 11.6 Å². The van der Waals surface area contributed by atoms with E-state index >= 15 is 0 Å². The molecule has 1 aliphatic rings. The molecule has 0 radical (unpaired) electrons. The fraction of sp³-hybridized carbons (Fsp3) is 0.435. The summed E-state index contributed by atoms with van der Waals surface area (Å²) in [6.07, 6.45) is 2.14. The van der Waals surface area contributed by atoms with Gasteiger partial charge in [-0.25, -0.2) is 0 Å². The van der Waals surface area contributed by atoms with Gasteiger partial charge in [-0.2, -0.15) is 0 Å². The number of benzene rings is 2. The van der Waals surface area contributed by atoms with Crippen LogP contribution in [0.25, 0.3) is 0 Å². The number of para-hydroxylation sites is 1. The molecule has 0 aliphatic carbocycles. The van der Waals surface area contributed by atoms with Crippen LogP contribution < -0.4 is 10.2 Å². The van der Waals surface area contributed by atoms with E-state index in [4.69, 9.17) is 4.74 Å². The fourth-order valence-corrected chi connectivity index (χ4v) is 3.44. The van der Waals surface area contributed by atoms with Gasteiger partial charge < -0.3 is 19.9 Å². The lowest BCUT2D eigenvalue weighted by Gasteiger charge is -2.37. The minimum Gasteiger partial charge on any atom is -0.377 e. The Labute approximate surface area is 169 Å². The summed E-state index contributed by atoms with van der Waals surface area (Å²) in [6.45, 7) is 6.46. The molecule has 3 rings (SSSR count). The highest BCUT2D eigenvalue weighted by atomic mass is 16.5. The van der Waals surface area contributed by atoms with Crippen molar-refractivity contribution in [2.75, 3.05) is 51.3 Å². The van der Waals surface area contributed by atoms with Crippen LogP contribution in [-0.4, -0.2) is 57.2 Å². The summed E-state index contributed by atoms with van der Waals surface area (Å²) in [6, 6.07) is 21.0. The second kappa shape index (κ2) is 11.3. The van der Waals surface area contributed by atoms with Crippen molar-refractivity contribution < 1.29 is 4.74 Å². The molecule has 1 N–H and O–H groups in total. The molecule has 1 heterocycles. The number of hydrogen-bond donors (Lipinski definition) is 1. The highest BCUT2D eigenvalue weighted by Crippen LogP contribution is 2.15. The highest BCUT2D eigenvalue weighted by Gasteiger charge is 2.19. The van der Waals surface area contributed by atoms with Gasteiger partial charge in [-0.15, -0.1) is 0 Å². The molecule has 1 aliphatic heterocycles. The predicted molar refractivity (Wildman–Crippen MR) is 117 cm³/mol. The van der Waals surface area contributed by atoms with Gasteiger partial charge in [0.1, 0.15) is 0 Å². The standard InChI is InChI=1S/C23H32N4O/c1-24-23(25-14-8-9-19-28-20-21-10-4-2-5-11-21)27-17-15-26(16-18-27)22-12-6-3-7-13-22/h2-7,10-13H,8-9,14-20H2,1H3,(H,24,25). The second-order valence-corrected chi connectivity index (χ2v) is 7.03. The molecule has 0 atom stereocenters. The zero-order valence-corrected chi connectivity index (χ0v) is 16.9. The van der Waals surface area contributed by atoms with E-state index in [-0.39, 0.29) is 0 Å². The smallest absolute Gasteiger partial charge is 0.193 e. The molecule has 0 saturated carbocycles. The zero-order chi connectivity index (χ0) is 19.4. The normalized spacial score (nSPS) is 15.0. The van der Waals surface area contributed by atoms with Gasteiger partial charge in [-0.05, 0) is 30.5 Å². The number of ether oxygens (including phenoxy) is 1. The molecule has 0 amide bonds. The Balaban J connectivity index is 1.29. The van der Waals surface area contributed by atoms with Crippen LogP contribution in [-0.2, 0) is 11.3 Å². The maximum absolute atomic E-state index is 5.75. The summed E-state index contributed by atoms with van der Waals surface area (Å²) >= 11 is 0. The van der Waals surface area contributed by atoms with Crippen LogP contribution >= 0.6 is 0 Å². The van der Waals surface area contributed by atoms with Gasteiger partial charge in [-0.1, -0.05) is 48.5 Å². The number of aliphatic imine (C=N–C) groups is 1. The molecule has 2 aromatic rings. The largest absolute Gasteiger partial charge is 0.377 e. The third kappa shape index (κ3) is 6.27. The number of rotatable bonds is 8. The van der Waals surface area contributed by atoms with E-state index in [1.165, 1.54) is 11.3 Å². The van der Waals surface area contributed by atoms with Crippen LogP contribution in [0.15, 0.2) is 65.7 Å². The molecule has 0 spiro atoms. The van der Waals surface area contributed by atoms with Gasteiger partial charge in [0.2, 0.25) is 0 Å². The summed E-state index contributed by atoms with van der Waals surface area (Å²) in [5.41, 5.74) is 2.54. The average Bonchev–Trinajstić information content (AvgIpc) is 2.77. The Bertz CT molecular complexity index is 697. The maximum Gasteiger partial charge on any atom is 0.193 e. The quantitative estimate of drug-likeness (QED) is 0.433. The lowest BCUT2D eigenvalue weighted by Crippen LogP contribution is -2.52. The van der Waals surface area contributed by atoms with Gasteiger partial charge >= 0.3 is 0 Å². The van der Waals surface area contributed by atoms with Gasteiger partial charge in [0.15, 0.2) is 5.96 Å². The topological polar surface area (TPSA) is 40.1 Å². The van der Waals surface area contributed by atoms with E-state index in [1.54, 1.807) is 0 Å². The molecule has 1 saturated heterocycles. The van der Waals surface area contributed by atoms with Crippen molar-refractivity contribution in [1.82, 2.24) is 10.2 Å². The Hall–Kier alpha value is -2.53. The fourth-order valence-electron chi connectivity index (χ4n) is 3.44. The monoisotopic (exact) mass is 380 g/mol. The zero-order valence-electron chi connectivity index (χ0n) is 16.9. The van der Waals surface area contributed by atoms with Gasteiger partial charge in [0.25, 0.3) is 0 Å². The van der Waals surface area contributed by atoms with Crippen LogP contribution in [0.3, 0.4) is 0 Å².